The van der Waals surface area contributed by atoms with Gasteiger partial charge in [-0.3, -0.25) is 9.59 Å². The number of hydrogen-bond acceptors (Lipinski definition) is 3. The Morgan fingerprint density at radius 2 is 2.17 bits per heavy atom. The van der Waals surface area contributed by atoms with Crippen molar-refractivity contribution in [3.63, 3.8) is 0 Å². The van der Waals surface area contributed by atoms with Gasteiger partial charge in [-0.2, -0.15) is 0 Å². The molecule has 0 aliphatic carbocycles. The van der Waals surface area contributed by atoms with Gasteiger partial charge in [0, 0.05) is 18.2 Å². The van der Waals surface area contributed by atoms with E-state index in [-0.39, 0.29) is 24.9 Å². The molecule has 2 amide bonds. The van der Waals surface area contributed by atoms with Crippen LogP contribution in [0.5, 0.6) is 0 Å². The Bertz CT molecular complexity index is 437. The van der Waals surface area contributed by atoms with Gasteiger partial charge in [0.05, 0.1) is 6.54 Å². The molecule has 0 spiro atoms. The molecule has 18 heavy (non-hydrogen) atoms. The van der Waals surface area contributed by atoms with Gasteiger partial charge in [0.25, 0.3) is 0 Å². The van der Waals surface area contributed by atoms with Crippen LogP contribution in [0.4, 0.5) is 10.1 Å². The average molecular weight is 253 g/mol. The normalized spacial score (nSPS) is 11.7. The highest BCUT2D eigenvalue weighted by molar-refractivity contribution is 5.94. The van der Waals surface area contributed by atoms with Crippen molar-refractivity contribution in [2.75, 3.05) is 18.4 Å². The fourth-order valence-electron chi connectivity index (χ4n) is 1.22. The molecule has 0 fully saturated rings. The van der Waals surface area contributed by atoms with Crippen LogP contribution in [-0.4, -0.2) is 24.9 Å². The number of amides is 2. The van der Waals surface area contributed by atoms with Gasteiger partial charge < -0.3 is 16.4 Å². The van der Waals surface area contributed by atoms with Crippen LogP contribution >= 0.6 is 0 Å². The largest absolute Gasteiger partial charge is 0.347 e. The molecule has 1 aromatic carbocycles. The summed E-state index contributed by atoms with van der Waals surface area (Å²) in [6, 6.07) is 5.52. The molecule has 4 N–H and O–H groups in total. The van der Waals surface area contributed by atoms with E-state index in [9.17, 15) is 14.0 Å². The summed E-state index contributed by atoms with van der Waals surface area (Å²) in [6.45, 7) is 1.72. The first kappa shape index (κ1) is 14.1. The molecule has 0 saturated heterocycles. The van der Waals surface area contributed by atoms with E-state index >= 15 is 0 Å². The third-order valence-corrected chi connectivity index (χ3v) is 2.33. The maximum atomic E-state index is 12.8. The van der Waals surface area contributed by atoms with Crippen LogP contribution in [0.15, 0.2) is 24.3 Å². The Hall–Kier alpha value is -1.95. The molecule has 98 valence electrons. The highest BCUT2D eigenvalue weighted by Gasteiger charge is 2.11. The standard InChI is InChI=1S/C12H16FN3O2/c1-8(6-14)12(18)15-7-11(17)16-10-4-2-3-9(13)5-10/h2-5,8H,6-7,14H2,1H3,(H,15,18)(H,16,17). The van der Waals surface area contributed by atoms with Crippen molar-refractivity contribution in [1.82, 2.24) is 5.32 Å². The number of carbonyl (C=O) groups is 2. The molecule has 1 unspecified atom stereocenters. The van der Waals surface area contributed by atoms with Gasteiger partial charge in [0.1, 0.15) is 5.82 Å². The maximum absolute atomic E-state index is 12.8. The fraction of sp³-hybridized carbons (Fsp3) is 0.333. The highest BCUT2D eigenvalue weighted by atomic mass is 19.1. The van der Waals surface area contributed by atoms with Crippen molar-refractivity contribution >= 4 is 17.5 Å². The summed E-state index contributed by atoms with van der Waals surface area (Å²) in [5, 5.41) is 4.91. The third-order valence-electron chi connectivity index (χ3n) is 2.33. The summed E-state index contributed by atoms with van der Waals surface area (Å²) >= 11 is 0. The smallest absolute Gasteiger partial charge is 0.243 e. The van der Waals surface area contributed by atoms with Crippen LogP contribution in [0.25, 0.3) is 0 Å². The molecule has 1 rings (SSSR count). The molecule has 1 aromatic rings. The summed E-state index contributed by atoms with van der Waals surface area (Å²) < 4.78 is 12.8. The van der Waals surface area contributed by atoms with E-state index in [1.165, 1.54) is 18.2 Å². The monoisotopic (exact) mass is 253 g/mol. The van der Waals surface area contributed by atoms with E-state index in [1.54, 1.807) is 13.0 Å². The fourth-order valence-corrected chi connectivity index (χ4v) is 1.22. The first-order valence-corrected chi connectivity index (χ1v) is 5.56. The number of anilines is 1. The predicted octanol–water partition coefficient (Wildman–Crippen LogP) is 0.475. The molecule has 0 radical (unpaired) electrons. The van der Waals surface area contributed by atoms with Gasteiger partial charge in [-0.25, -0.2) is 4.39 Å². The molecule has 0 saturated carbocycles. The summed E-state index contributed by atoms with van der Waals surface area (Å²) in [6.07, 6.45) is 0. The lowest BCUT2D eigenvalue weighted by atomic mass is 10.2. The Morgan fingerprint density at radius 1 is 1.44 bits per heavy atom. The summed E-state index contributed by atoms with van der Waals surface area (Å²) in [5.74, 6) is -1.48. The zero-order valence-electron chi connectivity index (χ0n) is 10.1. The second kappa shape index (κ2) is 6.70. The molecule has 0 aliphatic heterocycles. The molecule has 0 aliphatic rings. The van der Waals surface area contributed by atoms with Crippen LogP contribution in [0, 0.1) is 11.7 Å². The number of hydrogen-bond donors (Lipinski definition) is 3. The molecule has 6 heteroatoms. The van der Waals surface area contributed by atoms with E-state index in [2.05, 4.69) is 10.6 Å². The van der Waals surface area contributed by atoms with E-state index in [1.807, 2.05) is 0 Å². The lowest BCUT2D eigenvalue weighted by Gasteiger charge is -2.10. The van der Waals surface area contributed by atoms with Crippen molar-refractivity contribution in [3.05, 3.63) is 30.1 Å². The third kappa shape index (κ3) is 4.50. The van der Waals surface area contributed by atoms with Gasteiger partial charge in [-0.05, 0) is 18.2 Å². The van der Waals surface area contributed by atoms with Gasteiger partial charge >= 0.3 is 0 Å². The van der Waals surface area contributed by atoms with E-state index < -0.39 is 11.7 Å². The van der Waals surface area contributed by atoms with Crippen molar-refractivity contribution in [2.45, 2.75) is 6.92 Å². The lowest BCUT2D eigenvalue weighted by molar-refractivity contribution is -0.126. The topological polar surface area (TPSA) is 84.2 Å². The molecule has 5 nitrogen and oxygen atoms in total. The zero-order chi connectivity index (χ0) is 13.5. The van der Waals surface area contributed by atoms with E-state index in [0.717, 1.165) is 0 Å². The minimum absolute atomic E-state index is 0.167. The first-order chi connectivity index (χ1) is 8.52. The molecule has 1 atom stereocenters. The average Bonchev–Trinajstić information content (AvgIpc) is 2.35. The second-order valence-electron chi connectivity index (χ2n) is 3.91. The minimum Gasteiger partial charge on any atom is -0.347 e. The Morgan fingerprint density at radius 3 is 2.78 bits per heavy atom. The SMILES string of the molecule is CC(CN)C(=O)NCC(=O)Nc1cccc(F)c1. The van der Waals surface area contributed by atoms with Crippen molar-refractivity contribution in [2.24, 2.45) is 11.7 Å². The van der Waals surface area contributed by atoms with Gasteiger partial charge in [-0.1, -0.05) is 13.0 Å². The van der Waals surface area contributed by atoms with Crippen molar-refractivity contribution < 1.29 is 14.0 Å². The summed E-state index contributed by atoms with van der Waals surface area (Å²) in [4.78, 5) is 22.8. The predicted molar refractivity (Wildman–Crippen MR) is 66.3 cm³/mol. The van der Waals surface area contributed by atoms with Crippen LogP contribution in [0.2, 0.25) is 0 Å². The summed E-state index contributed by atoms with van der Waals surface area (Å²) in [7, 11) is 0. The molecule has 0 heterocycles. The quantitative estimate of drug-likeness (QED) is 0.713. The number of benzene rings is 1. The Labute approximate surface area is 105 Å². The number of halogens is 1. The zero-order valence-corrected chi connectivity index (χ0v) is 10.1. The Balaban J connectivity index is 2.41. The first-order valence-electron chi connectivity index (χ1n) is 5.56. The van der Waals surface area contributed by atoms with Crippen LogP contribution in [0.3, 0.4) is 0 Å². The number of nitrogens with one attached hydrogen (secondary N) is 2. The summed E-state index contributed by atoms with van der Waals surface area (Å²) in [5.41, 5.74) is 5.66. The number of rotatable bonds is 5. The van der Waals surface area contributed by atoms with Gasteiger partial charge in [0.2, 0.25) is 11.8 Å². The van der Waals surface area contributed by atoms with Gasteiger partial charge in [-0.15, -0.1) is 0 Å². The van der Waals surface area contributed by atoms with Gasteiger partial charge in [0.15, 0.2) is 0 Å². The number of carbonyl (C=O) groups excluding carboxylic acids is 2. The van der Waals surface area contributed by atoms with Crippen LogP contribution < -0.4 is 16.4 Å². The maximum Gasteiger partial charge on any atom is 0.243 e. The highest BCUT2D eigenvalue weighted by Crippen LogP contribution is 2.08. The van der Waals surface area contributed by atoms with Crippen molar-refractivity contribution in [3.8, 4) is 0 Å². The number of nitrogens with two attached hydrogens (primary N) is 1. The van der Waals surface area contributed by atoms with E-state index in [4.69, 9.17) is 5.73 Å². The minimum atomic E-state index is -0.436. The van der Waals surface area contributed by atoms with E-state index in [0.29, 0.717) is 5.69 Å². The van der Waals surface area contributed by atoms with Crippen molar-refractivity contribution in [1.29, 1.82) is 0 Å². The molecular formula is C12H16FN3O2. The van der Waals surface area contributed by atoms with Crippen LogP contribution in [0.1, 0.15) is 6.92 Å². The molecular weight excluding hydrogens is 237 g/mol. The van der Waals surface area contributed by atoms with Crippen LogP contribution in [-0.2, 0) is 9.59 Å². The Kier molecular flexibility index (Phi) is 5.26. The molecule has 0 aromatic heterocycles. The lowest BCUT2D eigenvalue weighted by Crippen LogP contribution is -2.38. The molecule has 0 bridgehead atoms. The second-order valence-corrected chi connectivity index (χ2v) is 3.91.